The average molecular weight is 431 g/mol. The lowest BCUT2D eigenvalue weighted by atomic mass is 9.94. The third-order valence-corrected chi connectivity index (χ3v) is 8.52. The molecule has 1 N–H and O–H groups in total. The van der Waals surface area contributed by atoms with Crippen LogP contribution in [0.3, 0.4) is 0 Å². The average Bonchev–Trinajstić information content (AvgIpc) is 3.46. The smallest absolute Gasteiger partial charge is 0.278 e. The summed E-state index contributed by atoms with van der Waals surface area (Å²) in [5.41, 5.74) is 2.04. The SMILES string of the molecule is CN(C(=O)c1cc(C2CCN(S(=O)(=O)c3cccs3)CC2)[nH]n1)c1ccccc1. The Bertz CT molecular complexity index is 1070. The van der Waals surface area contributed by atoms with Crippen molar-refractivity contribution in [3.63, 3.8) is 0 Å². The number of rotatable bonds is 5. The van der Waals surface area contributed by atoms with Gasteiger partial charge in [0.25, 0.3) is 15.9 Å². The number of aromatic nitrogens is 2. The summed E-state index contributed by atoms with van der Waals surface area (Å²) in [6.07, 6.45) is 1.38. The highest BCUT2D eigenvalue weighted by molar-refractivity contribution is 7.91. The number of sulfonamides is 1. The van der Waals surface area contributed by atoms with E-state index in [0.717, 1.165) is 11.4 Å². The summed E-state index contributed by atoms with van der Waals surface area (Å²) in [4.78, 5) is 14.3. The number of H-pyrrole nitrogens is 1. The minimum atomic E-state index is -3.41. The zero-order chi connectivity index (χ0) is 20.4. The lowest BCUT2D eigenvalue weighted by Gasteiger charge is -2.30. The molecule has 2 aromatic heterocycles. The van der Waals surface area contributed by atoms with Crippen molar-refractivity contribution in [2.45, 2.75) is 23.0 Å². The van der Waals surface area contributed by atoms with E-state index in [1.54, 1.807) is 39.8 Å². The van der Waals surface area contributed by atoms with Crippen LogP contribution in [0.25, 0.3) is 0 Å². The number of aromatic amines is 1. The van der Waals surface area contributed by atoms with Crippen molar-refractivity contribution >= 4 is 33.0 Å². The third kappa shape index (κ3) is 3.98. The molecule has 1 aliphatic heterocycles. The maximum absolute atomic E-state index is 12.7. The van der Waals surface area contributed by atoms with Crippen LogP contribution in [0.1, 0.15) is 34.9 Å². The summed E-state index contributed by atoms with van der Waals surface area (Å²) in [7, 11) is -1.69. The van der Waals surface area contributed by atoms with Crippen LogP contribution in [-0.2, 0) is 10.0 Å². The molecule has 0 atom stereocenters. The van der Waals surface area contributed by atoms with Crippen molar-refractivity contribution in [1.29, 1.82) is 0 Å². The molecule has 7 nitrogen and oxygen atoms in total. The molecule has 0 aliphatic carbocycles. The maximum atomic E-state index is 12.7. The molecule has 3 aromatic rings. The first-order valence-corrected chi connectivity index (χ1v) is 11.7. The molecule has 1 aliphatic rings. The van der Waals surface area contributed by atoms with E-state index in [1.165, 1.54) is 11.3 Å². The van der Waals surface area contributed by atoms with Crippen LogP contribution in [-0.4, -0.2) is 49.0 Å². The minimum absolute atomic E-state index is 0.154. The Hall–Kier alpha value is -2.49. The van der Waals surface area contributed by atoms with E-state index in [2.05, 4.69) is 10.2 Å². The van der Waals surface area contributed by atoms with E-state index in [4.69, 9.17) is 0 Å². The predicted molar refractivity (Wildman–Crippen MR) is 113 cm³/mol. The molecule has 4 rings (SSSR count). The summed E-state index contributed by atoms with van der Waals surface area (Å²) < 4.78 is 27.2. The van der Waals surface area contributed by atoms with Crippen molar-refractivity contribution in [1.82, 2.24) is 14.5 Å². The van der Waals surface area contributed by atoms with Gasteiger partial charge in [0, 0.05) is 37.4 Å². The quantitative estimate of drug-likeness (QED) is 0.673. The van der Waals surface area contributed by atoms with Crippen LogP contribution < -0.4 is 4.90 Å². The van der Waals surface area contributed by atoms with Crippen LogP contribution in [0, 0.1) is 0 Å². The van der Waals surface area contributed by atoms with Crippen molar-refractivity contribution in [3.8, 4) is 0 Å². The lowest BCUT2D eigenvalue weighted by molar-refractivity contribution is 0.0988. The van der Waals surface area contributed by atoms with Gasteiger partial charge in [0.05, 0.1) is 0 Å². The fourth-order valence-corrected chi connectivity index (χ4v) is 6.15. The van der Waals surface area contributed by atoms with Gasteiger partial charge in [0.15, 0.2) is 5.69 Å². The van der Waals surface area contributed by atoms with Crippen LogP contribution in [0.5, 0.6) is 0 Å². The largest absolute Gasteiger partial charge is 0.310 e. The second-order valence-electron chi connectivity index (χ2n) is 7.02. The van der Waals surface area contributed by atoms with Gasteiger partial charge >= 0.3 is 0 Å². The number of hydrogen-bond donors (Lipinski definition) is 1. The maximum Gasteiger partial charge on any atom is 0.278 e. The number of amides is 1. The Morgan fingerprint density at radius 1 is 1.17 bits per heavy atom. The van der Waals surface area contributed by atoms with E-state index in [-0.39, 0.29) is 11.8 Å². The number of carbonyl (C=O) groups excluding carboxylic acids is 1. The molecule has 29 heavy (non-hydrogen) atoms. The van der Waals surface area contributed by atoms with Crippen molar-refractivity contribution in [2.75, 3.05) is 25.0 Å². The molecule has 0 spiro atoms. The van der Waals surface area contributed by atoms with Gasteiger partial charge in [-0.25, -0.2) is 8.42 Å². The van der Waals surface area contributed by atoms with Crippen LogP contribution in [0.4, 0.5) is 5.69 Å². The van der Waals surface area contributed by atoms with Gasteiger partial charge in [-0.3, -0.25) is 9.89 Å². The molecule has 152 valence electrons. The summed E-state index contributed by atoms with van der Waals surface area (Å²) in [5, 5.41) is 8.95. The molecule has 3 heterocycles. The number of carbonyl (C=O) groups is 1. The first kappa shape index (κ1) is 19.8. The van der Waals surface area contributed by atoms with E-state index in [1.807, 2.05) is 30.3 Å². The normalized spacial score (nSPS) is 16.0. The third-order valence-electron chi connectivity index (χ3n) is 5.25. The molecule has 1 fully saturated rings. The molecule has 9 heteroatoms. The monoisotopic (exact) mass is 430 g/mol. The molecule has 0 bridgehead atoms. The van der Waals surface area contributed by atoms with Gasteiger partial charge in [-0.2, -0.15) is 9.40 Å². The first-order chi connectivity index (χ1) is 14.0. The number of nitrogens with one attached hydrogen (secondary N) is 1. The first-order valence-electron chi connectivity index (χ1n) is 9.39. The van der Waals surface area contributed by atoms with Gasteiger partial charge in [0.1, 0.15) is 4.21 Å². The molecule has 0 saturated carbocycles. The Morgan fingerprint density at radius 2 is 1.90 bits per heavy atom. The fourth-order valence-electron chi connectivity index (χ4n) is 3.54. The topological polar surface area (TPSA) is 86.4 Å². The molecular formula is C20H22N4O3S2. The van der Waals surface area contributed by atoms with Crippen molar-refractivity contribution in [3.05, 3.63) is 65.3 Å². The number of thiophene rings is 1. The van der Waals surface area contributed by atoms with E-state index in [0.29, 0.717) is 35.8 Å². The molecule has 1 amide bonds. The summed E-state index contributed by atoms with van der Waals surface area (Å²) in [5.74, 6) is -0.0303. The fraction of sp³-hybridized carbons (Fsp3) is 0.300. The lowest BCUT2D eigenvalue weighted by Crippen LogP contribution is -2.37. The van der Waals surface area contributed by atoms with E-state index >= 15 is 0 Å². The number of anilines is 1. The second kappa shape index (κ2) is 8.10. The Morgan fingerprint density at radius 3 is 2.55 bits per heavy atom. The number of benzene rings is 1. The number of para-hydroxylation sites is 1. The van der Waals surface area contributed by atoms with Crippen LogP contribution in [0.2, 0.25) is 0 Å². The highest BCUT2D eigenvalue weighted by Crippen LogP contribution is 2.31. The predicted octanol–water partition coefficient (Wildman–Crippen LogP) is 3.32. The van der Waals surface area contributed by atoms with Crippen LogP contribution in [0.15, 0.2) is 58.1 Å². The van der Waals surface area contributed by atoms with E-state index < -0.39 is 10.0 Å². The Labute approximate surface area is 174 Å². The van der Waals surface area contributed by atoms with E-state index in [9.17, 15) is 13.2 Å². The van der Waals surface area contributed by atoms with Gasteiger partial charge in [-0.15, -0.1) is 11.3 Å². The number of piperidine rings is 1. The Balaban J connectivity index is 1.41. The Kier molecular flexibility index (Phi) is 5.53. The standard InChI is InChI=1S/C20H22N4O3S2/c1-23(16-6-3-2-4-7-16)20(25)18-14-17(21-22-18)15-9-11-24(12-10-15)29(26,27)19-8-5-13-28-19/h2-8,13-15H,9-12H2,1H3,(H,21,22). The second-order valence-corrected chi connectivity index (χ2v) is 10.1. The zero-order valence-electron chi connectivity index (χ0n) is 16.0. The van der Waals surface area contributed by atoms with Gasteiger partial charge in [-0.05, 0) is 42.5 Å². The molecule has 0 radical (unpaired) electrons. The van der Waals surface area contributed by atoms with Gasteiger partial charge in [0.2, 0.25) is 0 Å². The summed E-state index contributed by atoms with van der Waals surface area (Å²) in [6.45, 7) is 0.911. The van der Waals surface area contributed by atoms with Crippen molar-refractivity contribution < 1.29 is 13.2 Å². The zero-order valence-corrected chi connectivity index (χ0v) is 17.6. The number of nitrogens with zero attached hydrogens (tertiary/aromatic N) is 3. The van der Waals surface area contributed by atoms with Crippen LogP contribution >= 0.6 is 11.3 Å². The molecule has 1 aromatic carbocycles. The van der Waals surface area contributed by atoms with Crippen molar-refractivity contribution in [2.24, 2.45) is 0 Å². The molecular weight excluding hydrogens is 408 g/mol. The highest BCUT2D eigenvalue weighted by atomic mass is 32.2. The molecule has 0 unspecified atom stereocenters. The summed E-state index contributed by atoms with van der Waals surface area (Å²) in [6, 6.07) is 14.6. The highest BCUT2D eigenvalue weighted by Gasteiger charge is 2.31. The summed E-state index contributed by atoms with van der Waals surface area (Å²) >= 11 is 1.24. The molecule has 1 saturated heterocycles. The van der Waals surface area contributed by atoms with Gasteiger partial charge < -0.3 is 4.90 Å². The van der Waals surface area contributed by atoms with Gasteiger partial charge in [-0.1, -0.05) is 24.3 Å². The number of hydrogen-bond acceptors (Lipinski definition) is 5. The minimum Gasteiger partial charge on any atom is -0.310 e.